The molecule has 0 amide bonds. The Bertz CT molecular complexity index is 742. The van der Waals surface area contributed by atoms with Gasteiger partial charge in [-0.15, -0.1) is 0 Å². The van der Waals surface area contributed by atoms with Crippen LogP contribution in [-0.4, -0.2) is 32.8 Å². The zero-order valence-electron chi connectivity index (χ0n) is 14.5. The molecule has 0 saturated heterocycles. The van der Waals surface area contributed by atoms with Crippen LogP contribution in [0.2, 0.25) is 0 Å². The number of carbonyl (C=O) groups excluding carboxylic acids is 1. The summed E-state index contributed by atoms with van der Waals surface area (Å²) < 4.78 is 15.3. The molecule has 2 aromatic rings. The van der Waals surface area contributed by atoms with Gasteiger partial charge in [0.25, 0.3) is 0 Å². The van der Waals surface area contributed by atoms with Crippen molar-refractivity contribution in [2.24, 2.45) is 0 Å². The zero-order valence-corrected chi connectivity index (χ0v) is 14.5. The van der Waals surface area contributed by atoms with E-state index in [1.165, 1.54) is 0 Å². The van der Waals surface area contributed by atoms with Crippen molar-refractivity contribution >= 4 is 11.7 Å². The lowest BCUT2D eigenvalue weighted by atomic mass is 10.2. The molecule has 0 bridgehead atoms. The second kappa shape index (κ2) is 9.24. The summed E-state index contributed by atoms with van der Waals surface area (Å²) in [5.41, 5.74) is 1.54. The van der Waals surface area contributed by atoms with Crippen molar-refractivity contribution in [3.8, 4) is 23.3 Å². The molecule has 0 aliphatic heterocycles. The first-order valence-electron chi connectivity index (χ1n) is 7.89. The Hall–Kier alpha value is -3.13. The fourth-order valence-corrected chi connectivity index (χ4v) is 2.06. The fourth-order valence-electron chi connectivity index (χ4n) is 2.06. The largest absolute Gasteiger partial charge is 0.497 e. The third-order valence-corrected chi connectivity index (χ3v) is 3.37. The smallest absolute Gasteiger partial charge is 0.341 e. The van der Waals surface area contributed by atoms with Gasteiger partial charge in [0.2, 0.25) is 0 Å². The number of rotatable bonds is 6. The minimum Gasteiger partial charge on any atom is -0.497 e. The van der Waals surface area contributed by atoms with Gasteiger partial charge in [-0.1, -0.05) is 11.8 Å². The van der Waals surface area contributed by atoms with Crippen LogP contribution in [-0.2, 0) is 9.53 Å². The monoisotopic (exact) mass is 339 g/mol. The summed E-state index contributed by atoms with van der Waals surface area (Å²) in [6, 6.07) is 13.8. The molecule has 0 aliphatic carbocycles. The third kappa shape index (κ3) is 5.47. The van der Waals surface area contributed by atoms with Gasteiger partial charge in [0.05, 0.1) is 20.8 Å². The van der Waals surface area contributed by atoms with Crippen LogP contribution in [0.4, 0.5) is 5.69 Å². The molecule has 0 saturated carbocycles. The molecule has 130 valence electrons. The van der Waals surface area contributed by atoms with Crippen molar-refractivity contribution in [1.82, 2.24) is 0 Å². The van der Waals surface area contributed by atoms with Crippen molar-refractivity contribution in [2.45, 2.75) is 13.0 Å². The number of ether oxygens (including phenoxy) is 3. The molecule has 0 fully saturated rings. The van der Waals surface area contributed by atoms with E-state index in [9.17, 15) is 4.79 Å². The quantitative estimate of drug-likeness (QED) is 0.647. The van der Waals surface area contributed by atoms with Crippen LogP contribution in [0.3, 0.4) is 0 Å². The summed E-state index contributed by atoms with van der Waals surface area (Å²) in [4.78, 5) is 12.2. The van der Waals surface area contributed by atoms with E-state index in [1.807, 2.05) is 36.4 Å². The van der Waals surface area contributed by atoms with Gasteiger partial charge < -0.3 is 19.5 Å². The molecule has 1 N–H and O–H groups in total. The molecule has 1 atom stereocenters. The van der Waals surface area contributed by atoms with E-state index in [-0.39, 0.29) is 0 Å². The van der Waals surface area contributed by atoms with E-state index >= 15 is 0 Å². The second-order valence-electron chi connectivity index (χ2n) is 5.06. The predicted molar refractivity (Wildman–Crippen MR) is 96.9 cm³/mol. The van der Waals surface area contributed by atoms with Gasteiger partial charge in [0.1, 0.15) is 11.5 Å². The molecule has 2 rings (SSSR count). The van der Waals surface area contributed by atoms with Crippen LogP contribution in [0.15, 0.2) is 48.5 Å². The Morgan fingerprint density at radius 3 is 2.08 bits per heavy atom. The zero-order chi connectivity index (χ0) is 18.1. The van der Waals surface area contributed by atoms with Crippen molar-refractivity contribution < 1.29 is 19.0 Å². The first-order valence-corrected chi connectivity index (χ1v) is 7.89. The summed E-state index contributed by atoms with van der Waals surface area (Å²) in [6.07, 6.45) is 0. The Balaban J connectivity index is 2.17. The lowest BCUT2D eigenvalue weighted by Gasteiger charge is -2.13. The molecular weight excluding hydrogens is 318 g/mol. The molecule has 5 nitrogen and oxygen atoms in total. The summed E-state index contributed by atoms with van der Waals surface area (Å²) in [5.74, 6) is 6.99. The molecule has 2 aromatic carbocycles. The Labute approximate surface area is 147 Å². The molecule has 25 heavy (non-hydrogen) atoms. The van der Waals surface area contributed by atoms with E-state index in [0.717, 1.165) is 22.7 Å². The molecule has 0 aliphatic rings. The standard InChI is InChI=1S/C20H21NO4/c1-4-25-20(22)19(21-16-8-12-18(24-3)13-9-16)14-7-15-5-10-17(23-2)11-6-15/h5-6,8-13,19,21H,4H2,1-3H3. The van der Waals surface area contributed by atoms with Crippen LogP contribution >= 0.6 is 0 Å². The van der Waals surface area contributed by atoms with Crippen molar-refractivity contribution in [1.29, 1.82) is 0 Å². The number of hydrogen-bond acceptors (Lipinski definition) is 5. The normalized spacial score (nSPS) is 10.8. The highest BCUT2D eigenvalue weighted by atomic mass is 16.5. The minimum absolute atomic E-state index is 0.295. The fraction of sp³-hybridized carbons (Fsp3) is 0.250. The number of benzene rings is 2. The van der Waals surface area contributed by atoms with Crippen LogP contribution < -0.4 is 14.8 Å². The van der Waals surface area contributed by atoms with Crippen molar-refractivity contribution in [3.05, 3.63) is 54.1 Å². The molecule has 0 spiro atoms. The number of esters is 1. The van der Waals surface area contributed by atoms with E-state index in [2.05, 4.69) is 17.2 Å². The van der Waals surface area contributed by atoms with Gasteiger partial charge in [-0.3, -0.25) is 0 Å². The molecule has 0 aromatic heterocycles. The van der Waals surface area contributed by atoms with Crippen LogP contribution in [0.1, 0.15) is 12.5 Å². The Kier molecular flexibility index (Phi) is 6.73. The SMILES string of the molecule is CCOC(=O)C(C#Cc1ccc(OC)cc1)Nc1ccc(OC)cc1. The predicted octanol–water partition coefficient (Wildman–Crippen LogP) is 3.10. The molecule has 0 radical (unpaired) electrons. The van der Waals surface area contributed by atoms with Gasteiger partial charge >= 0.3 is 5.97 Å². The lowest BCUT2D eigenvalue weighted by Crippen LogP contribution is -2.30. The van der Waals surface area contributed by atoms with Gasteiger partial charge in [0.15, 0.2) is 6.04 Å². The summed E-state index contributed by atoms with van der Waals surface area (Å²) >= 11 is 0. The maximum absolute atomic E-state index is 12.2. The molecular formula is C20H21NO4. The average Bonchev–Trinajstić information content (AvgIpc) is 2.66. The van der Waals surface area contributed by atoms with E-state index in [4.69, 9.17) is 14.2 Å². The Morgan fingerprint density at radius 1 is 1.00 bits per heavy atom. The lowest BCUT2D eigenvalue weighted by molar-refractivity contribution is -0.142. The maximum atomic E-state index is 12.2. The number of carbonyl (C=O) groups is 1. The number of methoxy groups -OCH3 is 2. The number of anilines is 1. The highest BCUT2D eigenvalue weighted by molar-refractivity contribution is 5.83. The molecule has 5 heteroatoms. The van der Waals surface area contributed by atoms with Crippen LogP contribution in [0.5, 0.6) is 11.5 Å². The van der Waals surface area contributed by atoms with Crippen molar-refractivity contribution in [3.63, 3.8) is 0 Å². The number of nitrogens with one attached hydrogen (secondary N) is 1. The van der Waals surface area contributed by atoms with E-state index < -0.39 is 12.0 Å². The highest BCUT2D eigenvalue weighted by Gasteiger charge is 2.17. The third-order valence-electron chi connectivity index (χ3n) is 3.37. The first-order chi connectivity index (χ1) is 12.2. The van der Waals surface area contributed by atoms with Crippen molar-refractivity contribution in [2.75, 3.05) is 26.1 Å². The summed E-state index contributed by atoms with van der Waals surface area (Å²) in [6.45, 7) is 2.06. The Morgan fingerprint density at radius 2 is 1.56 bits per heavy atom. The van der Waals surface area contributed by atoms with Gasteiger partial charge in [-0.25, -0.2) is 4.79 Å². The van der Waals surface area contributed by atoms with E-state index in [0.29, 0.717) is 6.61 Å². The maximum Gasteiger partial charge on any atom is 0.341 e. The molecule has 0 heterocycles. The second-order valence-corrected chi connectivity index (χ2v) is 5.06. The summed E-state index contributed by atoms with van der Waals surface area (Å²) in [7, 11) is 3.21. The minimum atomic E-state index is -0.768. The van der Waals surface area contributed by atoms with Gasteiger partial charge in [0, 0.05) is 11.3 Å². The average molecular weight is 339 g/mol. The molecule has 1 unspecified atom stereocenters. The highest BCUT2D eigenvalue weighted by Crippen LogP contribution is 2.16. The first kappa shape index (κ1) is 18.2. The van der Waals surface area contributed by atoms with Crippen LogP contribution in [0, 0.1) is 11.8 Å². The van der Waals surface area contributed by atoms with Crippen LogP contribution in [0.25, 0.3) is 0 Å². The summed E-state index contributed by atoms with van der Waals surface area (Å²) in [5, 5.41) is 3.08. The van der Waals surface area contributed by atoms with E-state index in [1.54, 1.807) is 33.3 Å². The topological polar surface area (TPSA) is 56.8 Å². The van der Waals surface area contributed by atoms with Gasteiger partial charge in [-0.05, 0) is 55.5 Å². The number of hydrogen-bond donors (Lipinski definition) is 1. The van der Waals surface area contributed by atoms with Gasteiger partial charge in [-0.2, -0.15) is 0 Å².